The second kappa shape index (κ2) is 6.99. The number of hydrogen-bond acceptors (Lipinski definition) is 2. The average molecular weight is 277 g/mol. The van der Waals surface area contributed by atoms with Gasteiger partial charge in [-0.05, 0) is 23.8 Å². The monoisotopic (exact) mass is 277 g/mol. The van der Waals surface area contributed by atoms with Crippen molar-refractivity contribution < 1.29 is 4.79 Å². The Kier molecular flexibility index (Phi) is 5.32. The van der Waals surface area contributed by atoms with E-state index >= 15 is 0 Å². The Morgan fingerprint density at radius 3 is 2.47 bits per heavy atom. The minimum atomic E-state index is 0.305. The van der Waals surface area contributed by atoms with Gasteiger partial charge in [0.05, 0.1) is 5.75 Å². The topological polar surface area (TPSA) is 20.3 Å². The molecular weight excluding hydrogens is 254 g/mol. The van der Waals surface area contributed by atoms with Crippen molar-refractivity contribution in [3.63, 3.8) is 0 Å². The molecule has 0 unspecified atom stereocenters. The third-order valence-corrected chi connectivity index (χ3v) is 4.55. The lowest BCUT2D eigenvalue weighted by molar-refractivity contribution is -0.130. The van der Waals surface area contributed by atoms with Crippen molar-refractivity contribution in [1.29, 1.82) is 0 Å². The molecule has 0 spiro atoms. The van der Waals surface area contributed by atoms with Gasteiger partial charge in [-0.25, -0.2) is 0 Å². The molecule has 0 aromatic heterocycles. The smallest absolute Gasteiger partial charge is 0.232 e. The summed E-state index contributed by atoms with van der Waals surface area (Å²) in [6.07, 6.45) is 1.25. The predicted octanol–water partition coefficient (Wildman–Crippen LogP) is 3.42. The van der Waals surface area contributed by atoms with Crippen molar-refractivity contribution in [1.82, 2.24) is 4.90 Å². The van der Waals surface area contributed by atoms with Crippen LogP contribution >= 0.6 is 11.8 Å². The largest absolute Gasteiger partial charge is 0.341 e. The van der Waals surface area contributed by atoms with Gasteiger partial charge in [0.25, 0.3) is 0 Å². The highest BCUT2D eigenvalue weighted by atomic mass is 32.2. The Morgan fingerprint density at radius 2 is 1.84 bits per heavy atom. The summed E-state index contributed by atoms with van der Waals surface area (Å²) < 4.78 is 0. The van der Waals surface area contributed by atoms with E-state index in [9.17, 15) is 4.79 Å². The molecule has 1 amide bonds. The summed E-state index contributed by atoms with van der Waals surface area (Å²) in [5.41, 5.74) is 1.29. The number of likely N-dealkylation sites (tertiary alicyclic amines) is 1. The molecular formula is C16H23NOS. The molecule has 0 aliphatic carbocycles. The molecule has 1 fully saturated rings. The van der Waals surface area contributed by atoms with Crippen molar-refractivity contribution in [2.24, 2.45) is 11.8 Å². The van der Waals surface area contributed by atoms with Gasteiger partial charge in [-0.3, -0.25) is 4.79 Å². The maximum atomic E-state index is 12.2. The van der Waals surface area contributed by atoms with E-state index in [0.29, 0.717) is 23.5 Å². The van der Waals surface area contributed by atoms with Gasteiger partial charge in [0.2, 0.25) is 5.91 Å². The van der Waals surface area contributed by atoms with Crippen LogP contribution in [0.4, 0.5) is 0 Å². The van der Waals surface area contributed by atoms with Gasteiger partial charge >= 0.3 is 0 Å². The summed E-state index contributed by atoms with van der Waals surface area (Å²) in [5.74, 6) is 3.12. The molecule has 104 valence electrons. The van der Waals surface area contributed by atoms with Gasteiger partial charge in [-0.1, -0.05) is 44.2 Å². The first-order chi connectivity index (χ1) is 9.15. The standard InChI is InChI=1S/C16H23NOS/c1-13-8-14(2)10-17(9-13)16(18)12-19-11-15-6-4-3-5-7-15/h3-7,13-14H,8-12H2,1-2H3/t13-,14+. The number of thioether (sulfide) groups is 1. The molecule has 2 nitrogen and oxygen atoms in total. The summed E-state index contributed by atoms with van der Waals surface area (Å²) in [7, 11) is 0. The van der Waals surface area contributed by atoms with Crippen LogP contribution in [0.2, 0.25) is 0 Å². The van der Waals surface area contributed by atoms with E-state index in [1.54, 1.807) is 11.8 Å². The molecule has 0 bridgehead atoms. The Bertz CT molecular complexity index is 396. The van der Waals surface area contributed by atoms with Gasteiger partial charge in [0, 0.05) is 18.8 Å². The minimum absolute atomic E-state index is 0.305. The molecule has 1 heterocycles. The fourth-order valence-corrected chi connectivity index (χ4v) is 3.68. The molecule has 1 saturated heterocycles. The molecule has 1 aromatic rings. The molecule has 2 atom stereocenters. The minimum Gasteiger partial charge on any atom is -0.341 e. The SMILES string of the molecule is C[C@@H]1C[C@H](C)CN(C(=O)CSCc2ccccc2)C1. The van der Waals surface area contributed by atoms with Gasteiger partial charge in [0.1, 0.15) is 0 Å². The van der Waals surface area contributed by atoms with Crippen LogP contribution in [0.15, 0.2) is 30.3 Å². The van der Waals surface area contributed by atoms with Crippen molar-refractivity contribution >= 4 is 17.7 Å². The van der Waals surface area contributed by atoms with Crippen molar-refractivity contribution in [3.8, 4) is 0 Å². The summed E-state index contributed by atoms with van der Waals surface area (Å²) in [6.45, 7) is 6.37. The number of piperidine rings is 1. The van der Waals surface area contributed by atoms with Crippen LogP contribution in [0.25, 0.3) is 0 Å². The quantitative estimate of drug-likeness (QED) is 0.840. The van der Waals surface area contributed by atoms with Crippen LogP contribution in [-0.2, 0) is 10.5 Å². The van der Waals surface area contributed by atoms with Crippen LogP contribution in [0.5, 0.6) is 0 Å². The van der Waals surface area contributed by atoms with Crippen LogP contribution < -0.4 is 0 Å². The first-order valence-electron chi connectivity index (χ1n) is 7.04. The normalized spacial score (nSPS) is 23.4. The number of hydrogen-bond donors (Lipinski definition) is 0. The molecule has 1 aliphatic rings. The summed E-state index contributed by atoms with van der Waals surface area (Å²) >= 11 is 1.72. The highest BCUT2D eigenvalue weighted by Crippen LogP contribution is 2.22. The van der Waals surface area contributed by atoms with Crippen molar-refractivity contribution in [2.45, 2.75) is 26.0 Å². The third-order valence-electron chi connectivity index (χ3n) is 3.56. The molecule has 3 heteroatoms. The molecule has 0 radical (unpaired) electrons. The lowest BCUT2D eigenvalue weighted by Gasteiger charge is -2.35. The molecule has 1 aromatic carbocycles. The highest BCUT2D eigenvalue weighted by Gasteiger charge is 2.24. The first-order valence-corrected chi connectivity index (χ1v) is 8.20. The van der Waals surface area contributed by atoms with Crippen LogP contribution in [0.1, 0.15) is 25.8 Å². The first kappa shape index (κ1) is 14.4. The Morgan fingerprint density at radius 1 is 1.21 bits per heavy atom. The summed E-state index contributed by atoms with van der Waals surface area (Å²) in [5, 5.41) is 0. The Hall–Kier alpha value is -0.960. The lowest BCUT2D eigenvalue weighted by atomic mass is 9.92. The van der Waals surface area contributed by atoms with E-state index < -0.39 is 0 Å². The van der Waals surface area contributed by atoms with E-state index in [4.69, 9.17) is 0 Å². The van der Waals surface area contributed by atoms with Gasteiger partial charge < -0.3 is 4.90 Å². The van der Waals surface area contributed by atoms with E-state index in [1.807, 2.05) is 18.2 Å². The lowest BCUT2D eigenvalue weighted by Crippen LogP contribution is -2.43. The second-order valence-electron chi connectivity index (χ2n) is 5.72. The van der Waals surface area contributed by atoms with Crippen molar-refractivity contribution in [2.75, 3.05) is 18.8 Å². The van der Waals surface area contributed by atoms with E-state index in [-0.39, 0.29) is 0 Å². The number of rotatable bonds is 4. The zero-order valence-electron chi connectivity index (χ0n) is 11.8. The number of carbonyl (C=O) groups is 1. The average Bonchev–Trinajstić information content (AvgIpc) is 2.38. The van der Waals surface area contributed by atoms with Crippen molar-refractivity contribution in [3.05, 3.63) is 35.9 Å². The Balaban J connectivity index is 1.75. The molecule has 1 aliphatic heterocycles. The number of nitrogens with zero attached hydrogens (tertiary/aromatic N) is 1. The fraction of sp³-hybridized carbons (Fsp3) is 0.562. The number of benzene rings is 1. The summed E-state index contributed by atoms with van der Waals surface area (Å²) in [6, 6.07) is 10.3. The second-order valence-corrected chi connectivity index (χ2v) is 6.71. The zero-order valence-corrected chi connectivity index (χ0v) is 12.7. The van der Waals surface area contributed by atoms with Crippen LogP contribution in [0, 0.1) is 11.8 Å². The van der Waals surface area contributed by atoms with E-state index in [2.05, 4.69) is 30.9 Å². The molecule has 2 rings (SSSR count). The van der Waals surface area contributed by atoms with Gasteiger partial charge in [-0.2, -0.15) is 0 Å². The van der Waals surface area contributed by atoms with E-state index in [1.165, 1.54) is 12.0 Å². The maximum absolute atomic E-state index is 12.2. The Labute approximate surface area is 120 Å². The molecule has 19 heavy (non-hydrogen) atoms. The van der Waals surface area contributed by atoms with Crippen LogP contribution in [0.3, 0.4) is 0 Å². The maximum Gasteiger partial charge on any atom is 0.232 e. The molecule has 0 N–H and O–H groups in total. The molecule has 0 saturated carbocycles. The number of amides is 1. The fourth-order valence-electron chi connectivity index (χ4n) is 2.79. The number of carbonyl (C=O) groups excluding carboxylic acids is 1. The van der Waals surface area contributed by atoms with Gasteiger partial charge in [-0.15, -0.1) is 11.8 Å². The highest BCUT2D eigenvalue weighted by molar-refractivity contribution is 7.99. The third kappa shape index (κ3) is 4.57. The van der Waals surface area contributed by atoms with Crippen LogP contribution in [-0.4, -0.2) is 29.6 Å². The zero-order chi connectivity index (χ0) is 13.7. The van der Waals surface area contributed by atoms with E-state index in [0.717, 1.165) is 18.8 Å². The summed E-state index contributed by atoms with van der Waals surface area (Å²) in [4.78, 5) is 14.2. The predicted molar refractivity (Wildman–Crippen MR) is 82.1 cm³/mol. The van der Waals surface area contributed by atoms with Gasteiger partial charge in [0.15, 0.2) is 0 Å².